The van der Waals surface area contributed by atoms with E-state index in [1.807, 2.05) is 0 Å². The van der Waals surface area contributed by atoms with Gasteiger partial charge in [0.1, 0.15) is 23.7 Å². The van der Waals surface area contributed by atoms with Crippen LogP contribution in [0.2, 0.25) is 5.02 Å². The first-order chi connectivity index (χ1) is 15.8. The van der Waals surface area contributed by atoms with Gasteiger partial charge in [0, 0.05) is 12.1 Å². The van der Waals surface area contributed by atoms with Gasteiger partial charge in [-0.05, 0) is 23.8 Å². The number of benzene rings is 2. The molecule has 172 valence electrons. The maximum Gasteiger partial charge on any atom is 0.336 e. The molecule has 1 heterocycles. The molecule has 2 aromatic carbocycles. The summed E-state index contributed by atoms with van der Waals surface area (Å²) in [7, 11) is 4.21. The predicted octanol–water partition coefficient (Wildman–Crippen LogP) is 3.60. The Bertz CT molecular complexity index is 1160. The monoisotopic (exact) mass is 472 g/mol. The fourth-order valence-electron chi connectivity index (χ4n) is 3.10. The summed E-state index contributed by atoms with van der Waals surface area (Å²) in [5, 5.41) is 2.39. The molecule has 0 atom stereocenters. The van der Waals surface area contributed by atoms with Crippen LogP contribution in [0.3, 0.4) is 0 Å². The summed E-state index contributed by atoms with van der Waals surface area (Å²) in [6.07, 6.45) is 2.93. The Hall–Kier alpha value is -3.98. The average molecular weight is 473 g/mol. The van der Waals surface area contributed by atoms with Crippen molar-refractivity contribution in [1.82, 2.24) is 5.32 Å². The van der Waals surface area contributed by atoms with Gasteiger partial charge >= 0.3 is 6.03 Å². The number of rotatable bonds is 8. The molecule has 0 saturated carbocycles. The minimum atomic E-state index is -0.935. The van der Waals surface area contributed by atoms with Crippen LogP contribution in [-0.2, 0) is 9.59 Å². The number of hydrogen-bond acceptors (Lipinski definition) is 7. The van der Waals surface area contributed by atoms with Crippen molar-refractivity contribution < 1.29 is 33.3 Å². The van der Waals surface area contributed by atoms with E-state index in [1.54, 1.807) is 24.3 Å². The zero-order valence-corrected chi connectivity index (χ0v) is 18.9. The lowest BCUT2D eigenvalue weighted by Crippen LogP contribution is -2.54. The van der Waals surface area contributed by atoms with Crippen LogP contribution in [0, 0.1) is 0 Å². The van der Waals surface area contributed by atoms with Crippen LogP contribution in [0.15, 0.2) is 48.6 Å². The fourth-order valence-corrected chi connectivity index (χ4v) is 3.33. The summed E-state index contributed by atoms with van der Waals surface area (Å²) in [6, 6.07) is 6.72. The lowest BCUT2D eigenvalue weighted by molar-refractivity contribution is -0.122. The van der Waals surface area contributed by atoms with Gasteiger partial charge in [0.2, 0.25) is 0 Å². The van der Waals surface area contributed by atoms with E-state index >= 15 is 0 Å². The lowest BCUT2D eigenvalue weighted by atomic mass is 10.1. The number of urea groups is 1. The number of nitrogens with one attached hydrogen (secondary N) is 1. The number of ether oxygens (including phenoxy) is 4. The molecule has 10 heteroatoms. The van der Waals surface area contributed by atoms with Gasteiger partial charge in [-0.1, -0.05) is 30.3 Å². The minimum absolute atomic E-state index is 0.0606. The topological polar surface area (TPSA) is 103 Å². The Morgan fingerprint density at radius 1 is 0.970 bits per heavy atom. The Balaban J connectivity index is 2.04. The van der Waals surface area contributed by atoms with Crippen molar-refractivity contribution in [3.63, 3.8) is 0 Å². The molecular weight excluding hydrogens is 452 g/mol. The maximum atomic E-state index is 13.2. The number of carbonyl (C=O) groups is 3. The van der Waals surface area contributed by atoms with Crippen molar-refractivity contribution in [2.75, 3.05) is 32.8 Å². The number of imide groups is 2. The van der Waals surface area contributed by atoms with Crippen LogP contribution in [0.25, 0.3) is 6.08 Å². The summed E-state index contributed by atoms with van der Waals surface area (Å²) >= 11 is 6.12. The molecule has 0 aromatic heterocycles. The summed E-state index contributed by atoms with van der Waals surface area (Å²) in [6.45, 7) is 3.87. The Kier molecular flexibility index (Phi) is 7.24. The SMILES string of the molecule is C=CCOc1ccc(/C=C2\C(=O)NC(=O)N(c3cc(OC)c(Cl)cc3OC)C2=O)cc1OC. The first-order valence-corrected chi connectivity index (χ1v) is 9.97. The van der Waals surface area contributed by atoms with Crippen LogP contribution in [0.4, 0.5) is 10.5 Å². The van der Waals surface area contributed by atoms with Crippen LogP contribution in [0.1, 0.15) is 5.56 Å². The number of anilines is 1. The number of carbonyl (C=O) groups excluding carboxylic acids is 3. The highest BCUT2D eigenvalue weighted by molar-refractivity contribution is 6.39. The van der Waals surface area contributed by atoms with E-state index in [0.717, 1.165) is 4.90 Å². The largest absolute Gasteiger partial charge is 0.495 e. The summed E-state index contributed by atoms with van der Waals surface area (Å²) in [5.74, 6) is -0.469. The van der Waals surface area contributed by atoms with Crippen LogP contribution in [0.5, 0.6) is 23.0 Å². The molecule has 1 N–H and O–H groups in total. The second-order valence-corrected chi connectivity index (χ2v) is 7.03. The summed E-state index contributed by atoms with van der Waals surface area (Å²) in [4.78, 5) is 39.1. The standard InChI is InChI=1S/C23H21ClN2O7/c1-5-8-33-17-7-6-13(10-20(17)32-4)9-14-21(27)25-23(29)26(22(14)28)16-12-18(30-2)15(24)11-19(16)31-3/h5-7,9-12H,1,8H2,2-4H3,(H,25,27,29)/b14-9+. The normalized spacial score (nSPS) is 14.7. The first kappa shape index (κ1) is 23.7. The van der Waals surface area contributed by atoms with E-state index in [2.05, 4.69) is 11.9 Å². The predicted molar refractivity (Wildman–Crippen MR) is 122 cm³/mol. The Labute approximate surface area is 195 Å². The van der Waals surface area contributed by atoms with Gasteiger partial charge in [0.05, 0.1) is 32.0 Å². The van der Waals surface area contributed by atoms with Crippen molar-refractivity contribution in [3.05, 3.63) is 59.1 Å². The van der Waals surface area contributed by atoms with Gasteiger partial charge in [0.15, 0.2) is 11.5 Å². The van der Waals surface area contributed by atoms with Crippen LogP contribution in [-0.4, -0.2) is 45.8 Å². The van der Waals surface area contributed by atoms with Gasteiger partial charge in [0.25, 0.3) is 11.8 Å². The van der Waals surface area contributed by atoms with E-state index in [9.17, 15) is 14.4 Å². The molecule has 2 aromatic rings. The van der Waals surface area contributed by atoms with Gasteiger partial charge in [-0.15, -0.1) is 0 Å². The van der Waals surface area contributed by atoms with Crippen LogP contribution >= 0.6 is 11.6 Å². The Morgan fingerprint density at radius 2 is 1.67 bits per heavy atom. The molecule has 1 fully saturated rings. The third-order valence-corrected chi connectivity index (χ3v) is 4.95. The van der Waals surface area contributed by atoms with E-state index in [0.29, 0.717) is 17.1 Å². The zero-order valence-electron chi connectivity index (χ0n) is 18.1. The Morgan fingerprint density at radius 3 is 2.30 bits per heavy atom. The third kappa shape index (κ3) is 4.78. The molecule has 9 nitrogen and oxygen atoms in total. The molecule has 1 aliphatic rings. The number of hydrogen-bond donors (Lipinski definition) is 1. The van der Waals surface area contributed by atoms with E-state index in [1.165, 1.54) is 39.5 Å². The zero-order chi connectivity index (χ0) is 24.1. The summed E-state index contributed by atoms with van der Waals surface area (Å²) in [5.41, 5.74) is 0.268. The van der Waals surface area contributed by atoms with Crippen molar-refractivity contribution in [2.24, 2.45) is 0 Å². The minimum Gasteiger partial charge on any atom is -0.495 e. The quantitative estimate of drug-likeness (QED) is 0.355. The third-order valence-electron chi connectivity index (χ3n) is 4.65. The van der Waals surface area contributed by atoms with Crippen molar-refractivity contribution in [1.29, 1.82) is 0 Å². The first-order valence-electron chi connectivity index (χ1n) is 9.59. The molecule has 0 unspecified atom stereocenters. The second kappa shape index (κ2) is 10.1. The number of barbiturate groups is 1. The van der Waals surface area contributed by atoms with E-state index < -0.39 is 17.8 Å². The number of methoxy groups -OCH3 is 3. The van der Waals surface area contributed by atoms with Gasteiger partial charge in [-0.3, -0.25) is 14.9 Å². The average Bonchev–Trinajstić information content (AvgIpc) is 2.81. The maximum absolute atomic E-state index is 13.2. The van der Waals surface area contributed by atoms with Gasteiger partial charge < -0.3 is 18.9 Å². The lowest BCUT2D eigenvalue weighted by Gasteiger charge is -2.28. The summed E-state index contributed by atoms with van der Waals surface area (Å²) < 4.78 is 21.3. The van der Waals surface area contributed by atoms with Crippen LogP contribution < -0.4 is 29.2 Å². The molecule has 1 aliphatic heterocycles. The van der Waals surface area contributed by atoms with E-state index in [-0.39, 0.29) is 34.4 Å². The van der Waals surface area contributed by atoms with Crippen molar-refractivity contribution >= 4 is 41.2 Å². The molecule has 0 aliphatic carbocycles. The molecular formula is C23H21ClN2O7. The van der Waals surface area contributed by atoms with Crippen molar-refractivity contribution in [3.8, 4) is 23.0 Å². The fraction of sp³-hybridized carbons (Fsp3) is 0.174. The van der Waals surface area contributed by atoms with Gasteiger partial charge in [-0.2, -0.15) is 0 Å². The highest BCUT2D eigenvalue weighted by Crippen LogP contribution is 2.39. The highest BCUT2D eigenvalue weighted by atomic mass is 35.5. The van der Waals surface area contributed by atoms with Crippen molar-refractivity contribution in [2.45, 2.75) is 0 Å². The van der Waals surface area contributed by atoms with Gasteiger partial charge in [-0.25, -0.2) is 9.69 Å². The molecule has 33 heavy (non-hydrogen) atoms. The second-order valence-electron chi connectivity index (χ2n) is 6.63. The smallest absolute Gasteiger partial charge is 0.336 e. The highest BCUT2D eigenvalue weighted by Gasteiger charge is 2.38. The molecule has 3 rings (SSSR count). The molecule has 1 saturated heterocycles. The molecule has 0 bridgehead atoms. The molecule has 4 amide bonds. The number of nitrogens with zero attached hydrogens (tertiary/aromatic N) is 1. The number of halogens is 1. The van der Waals surface area contributed by atoms with E-state index in [4.69, 9.17) is 30.5 Å². The molecule has 0 radical (unpaired) electrons. The molecule has 0 spiro atoms. The number of amides is 4.